The zero-order valence-corrected chi connectivity index (χ0v) is 11.9. The smallest absolute Gasteiger partial charge is 0.123 e. The van der Waals surface area contributed by atoms with Crippen LogP contribution in [0, 0.1) is 18.7 Å². The minimum Gasteiger partial charge on any atom is -0.381 e. The number of hydrogen-bond acceptors (Lipinski definition) is 2. The molecular weight excluding hydrogens is 241 g/mol. The molecule has 1 aromatic rings. The summed E-state index contributed by atoms with van der Waals surface area (Å²) in [6, 6.07) is 5.47. The van der Waals surface area contributed by atoms with E-state index in [0.29, 0.717) is 12.0 Å². The highest BCUT2D eigenvalue weighted by Gasteiger charge is 2.25. The molecule has 0 aliphatic carbocycles. The zero-order chi connectivity index (χ0) is 13.7. The average Bonchev–Trinajstić information content (AvgIpc) is 2.92. The first kappa shape index (κ1) is 14.5. The van der Waals surface area contributed by atoms with Crippen LogP contribution in [0.1, 0.15) is 30.9 Å². The third-order valence-corrected chi connectivity index (χ3v) is 3.94. The summed E-state index contributed by atoms with van der Waals surface area (Å²) in [5, 5.41) is 3.60. The van der Waals surface area contributed by atoms with Gasteiger partial charge in [-0.2, -0.15) is 0 Å². The number of hydrogen-bond donors (Lipinski definition) is 1. The van der Waals surface area contributed by atoms with Gasteiger partial charge in [-0.1, -0.05) is 13.0 Å². The quantitative estimate of drug-likeness (QED) is 0.853. The van der Waals surface area contributed by atoms with Gasteiger partial charge in [-0.3, -0.25) is 0 Å². The molecule has 1 N–H and O–H groups in total. The number of rotatable bonds is 6. The van der Waals surface area contributed by atoms with E-state index in [9.17, 15) is 4.39 Å². The predicted octanol–water partition coefficient (Wildman–Crippen LogP) is 3.08. The van der Waals surface area contributed by atoms with Crippen molar-refractivity contribution in [2.45, 2.75) is 39.2 Å². The molecule has 1 saturated heterocycles. The Balaban J connectivity index is 2.07. The molecule has 1 aliphatic heterocycles. The van der Waals surface area contributed by atoms with Gasteiger partial charge < -0.3 is 10.1 Å². The number of nitrogens with one attached hydrogen (secondary N) is 1. The van der Waals surface area contributed by atoms with Gasteiger partial charge >= 0.3 is 0 Å². The molecule has 1 aliphatic rings. The highest BCUT2D eigenvalue weighted by molar-refractivity contribution is 5.27. The molecule has 0 spiro atoms. The summed E-state index contributed by atoms with van der Waals surface area (Å²) >= 11 is 0. The Labute approximate surface area is 115 Å². The summed E-state index contributed by atoms with van der Waals surface area (Å²) in [6.07, 6.45) is 3.11. The van der Waals surface area contributed by atoms with Crippen molar-refractivity contribution in [3.05, 3.63) is 35.1 Å². The van der Waals surface area contributed by atoms with Gasteiger partial charge in [-0.05, 0) is 56.0 Å². The van der Waals surface area contributed by atoms with E-state index in [1.807, 2.05) is 6.07 Å². The van der Waals surface area contributed by atoms with Crippen molar-refractivity contribution < 1.29 is 9.13 Å². The number of halogens is 1. The van der Waals surface area contributed by atoms with E-state index in [4.69, 9.17) is 4.74 Å². The molecule has 19 heavy (non-hydrogen) atoms. The molecule has 0 bridgehead atoms. The van der Waals surface area contributed by atoms with E-state index in [-0.39, 0.29) is 5.82 Å². The van der Waals surface area contributed by atoms with Crippen LogP contribution in [-0.4, -0.2) is 25.8 Å². The average molecular weight is 265 g/mol. The standard InChI is InChI=1S/C16H24FNO/c1-3-7-18-16(13-6-8-19-11-13)10-14-9-15(17)5-4-12(14)2/h4-5,9,13,16,18H,3,6-8,10-11H2,1-2H3. The summed E-state index contributed by atoms with van der Waals surface area (Å²) in [5.41, 5.74) is 2.28. The summed E-state index contributed by atoms with van der Waals surface area (Å²) in [4.78, 5) is 0. The van der Waals surface area contributed by atoms with Gasteiger partial charge in [0.25, 0.3) is 0 Å². The Bertz CT molecular complexity index is 402. The van der Waals surface area contributed by atoms with Crippen molar-refractivity contribution >= 4 is 0 Å². The van der Waals surface area contributed by atoms with Crippen LogP contribution in [0.4, 0.5) is 4.39 Å². The van der Waals surface area contributed by atoms with E-state index in [0.717, 1.165) is 44.6 Å². The molecule has 2 atom stereocenters. The first-order valence-corrected chi connectivity index (χ1v) is 7.27. The number of ether oxygens (including phenoxy) is 1. The van der Waals surface area contributed by atoms with Crippen molar-refractivity contribution in [3.63, 3.8) is 0 Å². The Kier molecular flexibility index (Phi) is 5.34. The molecule has 106 valence electrons. The van der Waals surface area contributed by atoms with Gasteiger partial charge in [0.2, 0.25) is 0 Å². The maximum atomic E-state index is 13.4. The summed E-state index contributed by atoms with van der Waals surface area (Å²) in [6.45, 7) is 6.92. The molecule has 1 aromatic carbocycles. The molecule has 2 rings (SSSR count). The Hall–Kier alpha value is -0.930. The lowest BCUT2D eigenvalue weighted by atomic mass is 9.91. The van der Waals surface area contributed by atoms with Gasteiger partial charge in [0, 0.05) is 18.6 Å². The van der Waals surface area contributed by atoms with Crippen LogP contribution >= 0.6 is 0 Å². The lowest BCUT2D eigenvalue weighted by molar-refractivity contribution is 0.176. The molecule has 2 nitrogen and oxygen atoms in total. The highest BCUT2D eigenvalue weighted by atomic mass is 19.1. The first-order valence-electron chi connectivity index (χ1n) is 7.27. The van der Waals surface area contributed by atoms with Gasteiger partial charge in [0.05, 0.1) is 6.61 Å². The molecule has 2 unspecified atom stereocenters. The van der Waals surface area contributed by atoms with Crippen molar-refractivity contribution in [1.82, 2.24) is 5.32 Å². The maximum absolute atomic E-state index is 13.4. The highest BCUT2D eigenvalue weighted by Crippen LogP contribution is 2.22. The lowest BCUT2D eigenvalue weighted by Gasteiger charge is -2.24. The largest absolute Gasteiger partial charge is 0.381 e. The molecule has 3 heteroatoms. The molecule has 0 saturated carbocycles. The van der Waals surface area contributed by atoms with Crippen molar-refractivity contribution in [1.29, 1.82) is 0 Å². The van der Waals surface area contributed by atoms with Gasteiger partial charge in [0.15, 0.2) is 0 Å². The van der Waals surface area contributed by atoms with E-state index in [1.54, 1.807) is 6.07 Å². The van der Waals surface area contributed by atoms with Crippen LogP contribution in [0.15, 0.2) is 18.2 Å². The minimum absolute atomic E-state index is 0.141. The second-order valence-electron chi connectivity index (χ2n) is 5.46. The lowest BCUT2D eigenvalue weighted by Crippen LogP contribution is -2.39. The van der Waals surface area contributed by atoms with E-state index in [1.165, 1.54) is 11.6 Å². The van der Waals surface area contributed by atoms with E-state index < -0.39 is 0 Å². The zero-order valence-electron chi connectivity index (χ0n) is 11.9. The maximum Gasteiger partial charge on any atom is 0.123 e. The van der Waals surface area contributed by atoms with Crippen molar-refractivity contribution in [3.8, 4) is 0 Å². The van der Waals surface area contributed by atoms with Crippen LogP contribution in [-0.2, 0) is 11.2 Å². The van der Waals surface area contributed by atoms with Crippen LogP contribution in [0.3, 0.4) is 0 Å². The van der Waals surface area contributed by atoms with Gasteiger partial charge in [-0.25, -0.2) is 4.39 Å². The number of aryl methyl sites for hydroxylation is 1. The van der Waals surface area contributed by atoms with Crippen LogP contribution < -0.4 is 5.32 Å². The summed E-state index contributed by atoms with van der Waals surface area (Å²) in [7, 11) is 0. The van der Waals surface area contributed by atoms with Crippen LogP contribution in [0.25, 0.3) is 0 Å². The Morgan fingerprint density at radius 2 is 2.32 bits per heavy atom. The fourth-order valence-corrected chi connectivity index (χ4v) is 2.70. The van der Waals surface area contributed by atoms with Gasteiger partial charge in [-0.15, -0.1) is 0 Å². The minimum atomic E-state index is -0.141. The van der Waals surface area contributed by atoms with Crippen LogP contribution in [0.2, 0.25) is 0 Å². The molecule has 1 heterocycles. The summed E-state index contributed by atoms with van der Waals surface area (Å²) in [5.74, 6) is 0.409. The van der Waals surface area contributed by atoms with E-state index >= 15 is 0 Å². The third kappa shape index (κ3) is 4.02. The van der Waals surface area contributed by atoms with E-state index in [2.05, 4.69) is 19.2 Å². The Morgan fingerprint density at radius 1 is 1.47 bits per heavy atom. The second-order valence-corrected chi connectivity index (χ2v) is 5.46. The number of benzene rings is 1. The van der Waals surface area contributed by atoms with Gasteiger partial charge in [0.1, 0.15) is 5.82 Å². The monoisotopic (exact) mass is 265 g/mol. The summed E-state index contributed by atoms with van der Waals surface area (Å²) < 4.78 is 18.9. The SMILES string of the molecule is CCCNC(Cc1cc(F)ccc1C)C1CCOC1. The van der Waals surface area contributed by atoms with Crippen LogP contribution in [0.5, 0.6) is 0 Å². The topological polar surface area (TPSA) is 21.3 Å². The molecular formula is C16H24FNO. The molecule has 0 aromatic heterocycles. The molecule has 0 amide bonds. The van der Waals surface area contributed by atoms with Crippen molar-refractivity contribution in [2.75, 3.05) is 19.8 Å². The molecule has 1 fully saturated rings. The molecule has 0 radical (unpaired) electrons. The van der Waals surface area contributed by atoms with Crippen molar-refractivity contribution in [2.24, 2.45) is 5.92 Å². The fraction of sp³-hybridized carbons (Fsp3) is 0.625. The second kappa shape index (κ2) is 7.01. The Morgan fingerprint density at radius 3 is 3.00 bits per heavy atom. The third-order valence-electron chi connectivity index (χ3n) is 3.94. The normalized spacial score (nSPS) is 20.7. The first-order chi connectivity index (χ1) is 9.20. The predicted molar refractivity (Wildman–Crippen MR) is 75.8 cm³/mol. The fourth-order valence-electron chi connectivity index (χ4n) is 2.70.